The number of carbonyl (C=O) groups is 1. The molecule has 2 rings (SSSR count). The number of fused-ring (bicyclic) bond motifs is 1. The molecular weight excluding hydrogens is 230 g/mol. The van der Waals surface area contributed by atoms with Crippen LogP contribution in [0.3, 0.4) is 0 Å². The molecule has 5 heteroatoms. The SMILES string of the molecule is O=C(CCl)NC[C@H]1COc2ccccc2O1. The summed E-state index contributed by atoms with van der Waals surface area (Å²) in [6.07, 6.45) is -0.165. The van der Waals surface area contributed by atoms with Crippen LogP contribution in [0.15, 0.2) is 24.3 Å². The molecule has 1 amide bonds. The van der Waals surface area contributed by atoms with Crippen LogP contribution in [0.5, 0.6) is 11.5 Å². The van der Waals surface area contributed by atoms with E-state index in [0.29, 0.717) is 18.9 Å². The summed E-state index contributed by atoms with van der Waals surface area (Å²) >= 11 is 5.37. The maximum Gasteiger partial charge on any atom is 0.235 e. The Hall–Kier alpha value is -1.42. The first-order chi connectivity index (χ1) is 7.79. The van der Waals surface area contributed by atoms with Crippen molar-refractivity contribution in [3.8, 4) is 11.5 Å². The van der Waals surface area contributed by atoms with Gasteiger partial charge < -0.3 is 14.8 Å². The maximum atomic E-state index is 11.0. The molecule has 0 fully saturated rings. The van der Waals surface area contributed by atoms with Crippen molar-refractivity contribution in [2.45, 2.75) is 6.10 Å². The van der Waals surface area contributed by atoms with Gasteiger partial charge in [0, 0.05) is 0 Å². The van der Waals surface area contributed by atoms with Gasteiger partial charge in [-0.2, -0.15) is 0 Å². The van der Waals surface area contributed by atoms with Gasteiger partial charge in [0.2, 0.25) is 5.91 Å². The first kappa shape index (κ1) is 11.1. The lowest BCUT2D eigenvalue weighted by Crippen LogP contribution is -2.41. The largest absolute Gasteiger partial charge is 0.486 e. The van der Waals surface area contributed by atoms with Crippen molar-refractivity contribution in [1.82, 2.24) is 5.32 Å². The number of para-hydroxylation sites is 2. The molecule has 0 spiro atoms. The fraction of sp³-hybridized carbons (Fsp3) is 0.364. The average Bonchev–Trinajstić information content (AvgIpc) is 2.35. The van der Waals surface area contributed by atoms with Crippen LogP contribution in [0.2, 0.25) is 0 Å². The van der Waals surface area contributed by atoms with E-state index in [1.54, 1.807) is 0 Å². The Bertz CT molecular complexity index is 383. The van der Waals surface area contributed by atoms with Crippen molar-refractivity contribution < 1.29 is 14.3 Å². The van der Waals surface area contributed by atoms with Crippen molar-refractivity contribution in [3.05, 3.63) is 24.3 Å². The van der Waals surface area contributed by atoms with E-state index in [0.717, 1.165) is 5.75 Å². The molecule has 1 heterocycles. The zero-order valence-corrected chi connectivity index (χ0v) is 9.37. The van der Waals surface area contributed by atoms with Crippen LogP contribution in [-0.4, -0.2) is 31.0 Å². The molecule has 1 aliphatic rings. The van der Waals surface area contributed by atoms with Crippen LogP contribution < -0.4 is 14.8 Å². The number of nitrogens with one attached hydrogen (secondary N) is 1. The first-order valence-corrected chi connectivity index (χ1v) is 5.54. The van der Waals surface area contributed by atoms with E-state index in [4.69, 9.17) is 21.1 Å². The van der Waals surface area contributed by atoms with Gasteiger partial charge in [-0.3, -0.25) is 4.79 Å². The molecule has 0 aromatic heterocycles. The third-order valence-corrected chi connectivity index (χ3v) is 2.46. The minimum Gasteiger partial charge on any atom is -0.486 e. The van der Waals surface area contributed by atoms with Crippen LogP contribution in [0.1, 0.15) is 0 Å². The lowest BCUT2D eigenvalue weighted by Gasteiger charge is -2.26. The van der Waals surface area contributed by atoms with Gasteiger partial charge in [0.05, 0.1) is 6.54 Å². The second-order valence-corrected chi connectivity index (χ2v) is 3.70. The smallest absolute Gasteiger partial charge is 0.235 e. The van der Waals surface area contributed by atoms with Gasteiger partial charge in [0.15, 0.2) is 11.5 Å². The molecule has 0 radical (unpaired) electrons. The highest BCUT2D eigenvalue weighted by Crippen LogP contribution is 2.30. The average molecular weight is 242 g/mol. The topological polar surface area (TPSA) is 47.6 Å². The summed E-state index contributed by atoms with van der Waals surface area (Å²) in [7, 11) is 0. The molecule has 0 saturated heterocycles. The van der Waals surface area contributed by atoms with Gasteiger partial charge in [0.1, 0.15) is 18.6 Å². The van der Waals surface area contributed by atoms with Gasteiger partial charge in [-0.05, 0) is 12.1 Å². The number of rotatable bonds is 3. The van der Waals surface area contributed by atoms with Crippen molar-refractivity contribution in [1.29, 1.82) is 0 Å². The van der Waals surface area contributed by atoms with Crippen LogP contribution in [0, 0.1) is 0 Å². The molecule has 1 aromatic rings. The Morgan fingerprint density at radius 1 is 1.44 bits per heavy atom. The number of amides is 1. The Morgan fingerprint density at radius 3 is 2.94 bits per heavy atom. The molecule has 1 N–H and O–H groups in total. The highest BCUT2D eigenvalue weighted by atomic mass is 35.5. The molecule has 0 saturated carbocycles. The second kappa shape index (κ2) is 5.07. The van der Waals surface area contributed by atoms with E-state index in [9.17, 15) is 4.79 Å². The van der Waals surface area contributed by atoms with Crippen molar-refractivity contribution in [3.63, 3.8) is 0 Å². The third-order valence-electron chi connectivity index (χ3n) is 2.22. The zero-order valence-electron chi connectivity index (χ0n) is 8.61. The van der Waals surface area contributed by atoms with Gasteiger partial charge in [-0.25, -0.2) is 0 Å². The number of alkyl halides is 1. The molecule has 0 aliphatic carbocycles. The van der Waals surface area contributed by atoms with Crippen molar-refractivity contribution >= 4 is 17.5 Å². The standard InChI is InChI=1S/C11H12ClNO3/c12-5-11(14)13-6-8-7-15-9-3-1-2-4-10(9)16-8/h1-4,8H,5-7H2,(H,13,14)/t8-/m0/s1. The number of ether oxygens (including phenoxy) is 2. The second-order valence-electron chi connectivity index (χ2n) is 3.44. The Labute approximate surface area is 98.5 Å². The number of carbonyl (C=O) groups excluding carboxylic acids is 1. The number of benzene rings is 1. The molecule has 1 atom stereocenters. The van der Waals surface area contributed by atoms with E-state index in [2.05, 4.69) is 5.32 Å². The molecule has 0 unspecified atom stereocenters. The quantitative estimate of drug-likeness (QED) is 0.809. The van der Waals surface area contributed by atoms with Gasteiger partial charge in [-0.1, -0.05) is 12.1 Å². The fourth-order valence-corrected chi connectivity index (χ4v) is 1.53. The van der Waals surface area contributed by atoms with Crippen molar-refractivity contribution in [2.75, 3.05) is 19.0 Å². The molecule has 4 nitrogen and oxygen atoms in total. The minimum atomic E-state index is -0.205. The maximum absolute atomic E-state index is 11.0. The van der Waals surface area contributed by atoms with Crippen LogP contribution >= 0.6 is 11.6 Å². The Morgan fingerprint density at radius 2 is 2.19 bits per heavy atom. The molecule has 1 aromatic carbocycles. The highest BCUT2D eigenvalue weighted by Gasteiger charge is 2.20. The van der Waals surface area contributed by atoms with Crippen molar-refractivity contribution in [2.24, 2.45) is 0 Å². The van der Waals surface area contributed by atoms with Crippen LogP contribution in [-0.2, 0) is 4.79 Å². The predicted molar refractivity (Wildman–Crippen MR) is 60.1 cm³/mol. The minimum absolute atomic E-state index is 0.0375. The van der Waals surface area contributed by atoms with E-state index in [1.165, 1.54) is 0 Å². The number of hydrogen-bond acceptors (Lipinski definition) is 3. The summed E-state index contributed by atoms with van der Waals surface area (Å²) < 4.78 is 11.1. The van der Waals surface area contributed by atoms with E-state index in [-0.39, 0.29) is 17.9 Å². The zero-order chi connectivity index (χ0) is 11.4. The fourth-order valence-electron chi connectivity index (χ4n) is 1.44. The van der Waals surface area contributed by atoms with E-state index >= 15 is 0 Å². The normalized spacial score (nSPS) is 17.9. The summed E-state index contributed by atoms with van der Waals surface area (Å²) in [4.78, 5) is 11.0. The lowest BCUT2D eigenvalue weighted by molar-refractivity contribution is -0.119. The Balaban J connectivity index is 1.90. The monoisotopic (exact) mass is 241 g/mol. The summed E-state index contributed by atoms with van der Waals surface area (Å²) in [6, 6.07) is 7.45. The molecule has 0 bridgehead atoms. The summed E-state index contributed by atoms with van der Waals surface area (Å²) in [5.41, 5.74) is 0. The first-order valence-electron chi connectivity index (χ1n) is 5.00. The van der Waals surface area contributed by atoms with Gasteiger partial charge in [-0.15, -0.1) is 11.6 Å². The molecular formula is C11H12ClNO3. The Kier molecular flexibility index (Phi) is 3.51. The molecule has 86 valence electrons. The van der Waals surface area contributed by atoms with E-state index < -0.39 is 0 Å². The number of halogens is 1. The third kappa shape index (κ3) is 2.58. The molecule has 16 heavy (non-hydrogen) atoms. The van der Waals surface area contributed by atoms with Crippen LogP contribution in [0.4, 0.5) is 0 Å². The van der Waals surface area contributed by atoms with Gasteiger partial charge in [0.25, 0.3) is 0 Å². The summed E-state index contributed by atoms with van der Waals surface area (Å²) in [6.45, 7) is 0.833. The highest BCUT2D eigenvalue weighted by molar-refractivity contribution is 6.27. The van der Waals surface area contributed by atoms with Crippen LogP contribution in [0.25, 0.3) is 0 Å². The predicted octanol–water partition coefficient (Wildman–Crippen LogP) is 1.18. The lowest BCUT2D eigenvalue weighted by atomic mass is 10.2. The number of hydrogen-bond donors (Lipinski definition) is 1. The molecule has 1 aliphatic heterocycles. The summed E-state index contributed by atoms with van der Waals surface area (Å²) in [5, 5.41) is 2.66. The summed E-state index contributed by atoms with van der Waals surface area (Å²) in [5.74, 6) is 1.20. The van der Waals surface area contributed by atoms with Gasteiger partial charge >= 0.3 is 0 Å². The van der Waals surface area contributed by atoms with E-state index in [1.807, 2.05) is 24.3 Å².